The Labute approximate surface area is 131 Å². The number of carboxylic acids is 1. The Morgan fingerprint density at radius 1 is 1.38 bits per heavy atom. The molecule has 0 amide bonds. The smallest absolute Gasteiger partial charge is 0.347 e. The van der Waals surface area contributed by atoms with Crippen molar-refractivity contribution >= 4 is 17.3 Å². The molecule has 2 rings (SSSR count). The molecule has 0 aromatic carbocycles. The van der Waals surface area contributed by atoms with Gasteiger partial charge < -0.3 is 5.11 Å². The van der Waals surface area contributed by atoms with Crippen molar-refractivity contribution in [2.75, 3.05) is 0 Å². The van der Waals surface area contributed by atoms with E-state index in [2.05, 4.69) is 37.6 Å². The van der Waals surface area contributed by atoms with Crippen LogP contribution in [0.1, 0.15) is 67.3 Å². The van der Waals surface area contributed by atoms with Gasteiger partial charge in [0.05, 0.1) is 12.2 Å². The molecule has 1 fully saturated rings. The Bertz CT molecular complexity index is 488. The number of nitrogens with zero attached hydrogens (tertiary/aromatic N) is 2. The standard InChI is InChI=1S/C16H26N2O2S/c1-10(2)8-13-15(16(19)20)21-14(17-13)9-18-11(3)6-5-7-12(18)4/h10-12H,5-9H2,1-4H3,(H,19,20). The summed E-state index contributed by atoms with van der Waals surface area (Å²) in [6.07, 6.45) is 4.47. The minimum absolute atomic E-state index is 0.422. The lowest BCUT2D eigenvalue weighted by atomic mass is 9.98. The van der Waals surface area contributed by atoms with E-state index in [1.807, 2.05) is 0 Å². The number of carbonyl (C=O) groups is 1. The fourth-order valence-corrected chi connectivity index (χ4v) is 4.04. The molecule has 1 N–H and O–H groups in total. The Balaban J connectivity index is 2.18. The highest BCUT2D eigenvalue weighted by Crippen LogP contribution is 2.28. The third-order valence-corrected chi connectivity index (χ3v) is 5.30. The molecule has 1 aliphatic rings. The molecule has 4 nitrogen and oxygen atoms in total. The zero-order valence-corrected chi connectivity index (χ0v) is 14.2. The van der Waals surface area contributed by atoms with Crippen LogP contribution >= 0.6 is 11.3 Å². The van der Waals surface area contributed by atoms with Crippen LogP contribution in [0, 0.1) is 5.92 Å². The molecule has 118 valence electrons. The molecule has 0 bridgehead atoms. The quantitative estimate of drug-likeness (QED) is 0.898. The second kappa shape index (κ2) is 6.88. The highest BCUT2D eigenvalue weighted by Gasteiger charge is 2.27. The van der Waals surface area contributed by atoms with Gasteiger partial charge in [-0.05, 0) is 39.0 Å². The maximum absolute atomic E-state index is 11.4. The van der Waals surface area contributed by atoms with Crippen molar-refractivity contribution in [3.63, 3.8) is 0 Å². The lowest BCUT2D eigenvalue weighted by molar-refractivity contribution is 0.0700. The van der Waals surface area contributed by atoms with Gasteiger partial charge in [-0.1, -0.05) is 20.3 Å². The fourth-order valence-electron chi connectivity index (χ4n) is 3.10. The number of likely N-dealkylation sites (tertiary alicyclic amines) is 1. The first-order valence-corrected chi connectivity index (χ1v) is 8.67. The Morgan fingerprint density at radius 2 is 2.00 bits per heavy atom. The average molecular weight is 310 g/mol. The van der Waals surface area contributed by atoms with Gasteiger partial charge >= 0.3 is 5.97 Å². The van der Waals surface area contributed by atoms with Crippen LogP contribution in [0.3, 0.4) is 0 Å². The van der Waals surface area contributed by atoms with Crippen molar-refractivity contribution in [1.82, 2.24) is 9.88 Å². The molecule has 2 atom stereocenters. The van der Waals surface area contributed by atoms with E-state index in [-0.39, 0.29) is 0 Å². The molecule has 5 heteroatoms. The molecule has 1 saturated heterocycles. The second-order valence-corrected chi connectivity index (χ2v) is 7.67. The van der Waals surface area contributed by atoms with Gasteiger partial charge in [0, 0.05) is 12.1 Å². The SMILES string of the molecule is CC(C)Cc1nc(CN2C(C)CCCC2C)sc1C(=O)O. The van der Waals surface area contributed by atoms with Gasteiger partial charge in [-0.15, -0.1) is 11.3 Å². The average Bonchev–Trinajstić information content (AvgIpc) is 2.76. The summed E-state index contributed by atoms with van der Waals surface area (Å²) in [4.78, 5) is 18.9. The summed E-state index contributed by atoms with van der Waals surface area (Å²) in [5.41, 5.74) is 0.759. The minimum Gasteiger partial charge on any atom is -0.477 e. The zero-order valence-electron chi connectivity index (χ0n) is 13.4. The van der Waals surface area contributed by atoms with Crippen LogP contribution in [0.2, 0.25) is 0 Å². The van der Waals surface area contributed by atoms with Crippen molar-refractivity contribution in [3.8, 4) is 0 Å². The van der Waals surface area contributed by atoms with Gasteiger partial charge in [0.15, 0.2) is 0 Å². The van der Waals surface area contributed by atoms with E-state index in [0.717, 1.165) is 23.7 Å². The summed E-state index contributed by atoms with van der Waals surface area (Å²) in [5.74, 6) is -0.417. The number of aromatic nitrogens is 1. The molecule has 2 heterocycles. The number of rotatable bonds is 5. The fraction of sp³-hybridized carbons (Fsp3) is 0.750. The molecule has 0 radical (unpaired) electrons. The van der Waals surface area contributed by atoms with E-state index >= 15 is 0 Å². The van der Waals surface area contributed by atoms with Crippen LogP contribution in [0.25, 0.3) is 0 Å². The van der Waals surface area contributed by atoms with Crippen molar-refractivity contribution < 1.29 is 9.90 Å². The molecular weight excluding hydrogens is 284 g/mol. The lowest BCUT2D eigenvalue weighted by Gasteiger charge is -2.38. The monoisotopic (exact) mass is 310 g/mol. The highest BCUT2D eigenvalue weighted by molar-refractivity contribution is 7.13. The van der Waals surface area contributed by atoms with E-state index < -0.39 is 5.97 Å². The molecular formula is C16H26N2O2S. The zero-order chi connectivity index (χ0) is 15.6. The summed E-state index contributed by atoms with van der Waals surface area (Å²) in [6.45, 7) is 9.50. The van der Waals surface area contributed by atoms with Gasteiger partial charge in [-0.25, -0.2) is 9.78 Å². The van der Waals surface area contributed by atoms with Crippen LogP contribution in [-0.4, -0.2) is 33.0 Å². The number of piperidine rings is 1. The number of hydrogen-bond acceptors (Lipinski definition) is 4. The molecule has 0 aliphatic carbocycles. The molecule has 1 aromatic rings. The second-order valence-electron chi connectivity index (χ2n) is 6.59. The molecule has 0 saturated carbocycles. The topological polar surface area (TPSA) is 53.4 Å². The predicted molar refractivity (Wildman–Crippen MR) is 85.9 cm³/mol. The lowest BCUT2D eigenvalue weighted by Crippen LogP contribution is -2.42. The first kappa shape index (κ1) is 16.4. The first-order valence-electron chi connectivity index (χ1n) is 7.86. The van der Waals surface area contributed by atoms with E-state index in [1.54, 1.807) is 0 Å². The summed E-state index contributed by atoms with van der Waals surface area (Å²) < 4.78 is 0. The summed E-state index contributed by atoms with van der Waals surface area (Å²) >= 11 is 1.35. The van der Waals surface area contributed by atoms with Crippen LogP contribution in [0.15, 0.2) is 0 Å². The Morgan fingerprint density at radius 3 is 2.52 bits per heavy atom. The van der Waals surface area contributed by atoms with E-state index in [4.69, 9.17) is 0 Å². The first-order chi connectivity index (χ1) is 9.88. The van der Waals surface area contributed by atoms with Gasteiger partial charge in [-0.2, -0.15) is 0 Å². The number of hydrogen-bond donors (Lipinski definition) is 1. The molecule has 0 spiro atoms. The van der Waals surface area contributed by atoms with Crippen molar-refractivity contribution in [2.45, 2.75) is 72.0 Å². The number of aromatic carboxylic acids is 1. The predicted octanol–water partition coefficient (Wildman–Crippen LogP) is 3.80. The van der Waals surface area contributed by atoms with Crippen molar-refractivity contribution in [2.24, 2.45) is 5.92 Å². The number of thiazole rings is 1. The Kier molecular flexibility index (Phi) is 5.38. The van der Waals surface area contributed by atoms with E-state index in [0.29, 0.717) is 22.9 Å². The van der Waals surface area contributed by atoms with Crippen LogP contribution in [-0.2, 0) is 13.0 Å². The van der Waals surface area contributed by atoms with Crippen LogP contribution < -0.4 is 0 Å². The van der Waals surface area contributed by atoms with Gasteiger partial charge in [0.25, 0.3) is 0 Å². The van der Waals surface area contributed by atoms with Crippen molar-refractivity contribution in [3.05, 3.63) is 15.6 Å². The summed E-state index contributed by atoms with van der Waals surface area (Å²) in [5, 5.41) is 10.3. The Hall–Kier alpha value is -0.940. The van der Waals surface area contributed by atoms with E-state index in [1.165, 1.54) is 30.6 Å². The van der Waals surface area contributed by atoms with Gasteiger partial charge in [0.2, 0.25) is 0 Å². The maximum atomic E-state index is 11.4. The summed E-state index contributed by atoms with van der Waals surface area (Å²) in [6, 6.07) is 1.11. The molecule has 1 aromatic heterocycles. The van der Waals surface area contributed by atoms with Crippen LogP contribution in [0.4, 0.5) is 0 Å². The van der Waals surface area contributed by atoms with Crippen molar-refractivity contribution in [1.29, 1.82) is 0 Å². The highest BCUT2D eigenvalue weighted by atomic mass is 32.1. The molecule has 2 unspecified atom stereocenters. The van der Waals surface area contributed by atoms with Gasteiger partial charge in [-0.3, -0.25) is 4.90 Å². The number of carboxylic acid groups (broad SMARTS) is 1. The van der Waals surface area contributed by atoms with Gasteiger partial charge in [0.1, 0.15) is 9.88 Å². The minimum atomic E-state index is -0.839. The molecule has 21 heavy (non-hydrogen) atoms. The van der Waals surface area contributed by atoms with Crippen LogP contribution in [0.5, 0.6) is 0 Å². The maximum Gasteiger partial charge on any atom is 0.347 e. The summed E-state index contributed by atoms with van der Waals surface area (Å²) in [7, 11) is 0. The van der Waals surface area contributed by atoms with E-state index in [9.17, 15) is 9.90 Å². The third-order valence-electron chi connectivity index (χ3n) is 4.23. The third kappa shape index (κ3) is 4.04. The molecule has 1 aliphatic heterocycles. The largest absolute Gasteiger partial charge is 0.477 e. The normalized spacial score (nSPS) is 23.7.